The maximum Gasteiger partial charge on any atom is 0.170 e. The number of ether oxygens (including phenoxy) is 1. The molecule has 0 unspecified atom stereocenters. The normalized spacial score (nSPS) is 11.2. The first-order valence-electron chi connectivity index (χ1n) is 6.29. The standard InChI is InChI=1S/C15H16ClN3O2/c1-21-14-7-6-11(8-13(14)16)18-9-10-4-2-3-5-12(10)15(17)19-20/h2-8,18,20H,9H2,1H3,(H2,17,19). The first-order chi connectivity index (χ1) is 10.2. The van der Waals surface area contributed by atoms with Crippen molar-refractivity contribution in [1.82, 2.24) is 0 Å². The lowest BCUT2D eigenvalue weighted by Gasteiger charge is -2.11. The highest BCUT2D eigenvalue weighted by Crippen LogP contribution is 2.27. The minimum absolute atomic E-state index is 0.0835. The third kappa shape index (κ3) is 3.58. The largest absolute Gasteiger partial charge is 0.495 e. The molecule has 0 bridgehead atoms. The van der Waals surface area contributed by atoms with Crippen LogP contribution in [-0.4, -0.2) is 18.2 Å². The molecule has 5 nitrogen and oxygen atoms in total. The summed E-state index contributed by atoms with van der Waals surface area (Å²) in [7, 11) is 1.57. The first kappa shape index (κ1) is 15.0. The number of rotatable bonds is 5. The Bertz CT molecular complexity index is 659. The molecule has 0 radical (unpaired) electrons. The number of hydrogen-bond donors (Lipinski definition) is 3. The van der Waals surface area contributed by atoms with E-state index in [1.165, 1.54) is 0 Å². The van der Waals surface area contributed by atoms with Gasteiger partial charge in [-0.1, -0.05) is 41.0 Å². The SMILES string of the molecule is COc1ccc(NCc2ccccc2C(N)=NO)cc1Cl. The summed E-state index contributed by atoms with van der Waals surface area (Å²) in [6.07, 6.45) is 0. The first-order valence-corrected chi connectivity index (χ1v) is 6.66. The van der Waals surface area contributed by atoms with Gasteiger partial charge in [-0.05, 0) is 23.8 Å². The molecule has 0 amide bonds. The van der Waals surface area contributed by atoms with Gasteiger partial charge in [0.2, 0.25) is 0 Å². The van der Waals surface area contributed by atoms with Gasteiger partial charge in [0.25, 0.3) is 0 Å². The average Bonchev–Trinajstić information content (AvgIpc) is 2.52. The Hall–Kier alpha value is -2.40. The number of nitrogens with zero attached hydrogens (tertiary/aromatic N) is 1. The topological polar surface area (TPSA) is 79.9 Å². The molecule has 0 aliphatic rings. The second-order valence-electron chi connectivity index (χ2n) is 4.35. The molecule has 0 aliphatic carbocycles. The van der Waals surface area contributed by atoms with Crippen molar-refractivity contribution in [2.75, 3.05) is 12.4 Å². The lowest BCUT2D eigenvalue weighted by molar-refractivity contribution is 0.318. The van der Waals surface area contributed by atoms with E-state index in [4.69, 9.17) is 27.3 Å². The summed E-state index contributed by atoms with van der Waals surface area (Å²) in [6, 6.07) is 12.9. The fraction of sp³-hybridized carbons (Fsp3) is 0.133. The van der Waals surface area contributed by atoms with E-state index in [9.17, 15) is 0 Å². The highest BCUT2D eigenvalue weighted by molar-refractivity contribution is 6.32. The Morgan fingerprint density at radius 3 is 2.76 bits per heavy atom. The Balaban J connectivity index is 2.15. The van der Waals surface area contributed by atoms with E-state index in [1.807, 2.05) is 24.3 Å². The summed E-state index contributed by atoms with van der Waals surface area (Å²) in [5.74, 6) is 0.708. The van der Waals surface area contributed by atoms with Crippen LogP contribution >= 0.6 is 11.6 Å². The second-order valence-corrected chi connectivity index (χ2v) is 4.75. The summed E-state index contributed by atoms with van der Waals surface area (Å²) in [6.45, 7) is 0.523. The molecule has 0 atom stereocenters. The number of anilines is 1. The number of nitrogens with two attached hydrogens (primary N) is 1. The molecule has 0 saturated heterocycles. The molecule has 6 heteroatoms. The summed E-state index contributed by atoms with van der Waals surface area (Å²) in [5, 5.41) is 15.6. The van der Waals surface area contributed by atoms with Crippen molar-refractivity contribution in [2.45, 2.75) is 6.54 Å². The molecule has 0 aromatic heterocycles. The molecule has 0 saturated carbocycles. The quantitative estimate of drug-likeness (QED) is 0.343. The van der Waals surface area contributed by atoms with Crippen LogP contribution in [0.4, 0.5) is 5.69 Å². The minimum atomic E-state index is 0.0835. The fourth-order valence-electron chi connectivity index (χ4n) is 1.95. The molecule has 110 valence electrons. The van der Waals surface area contributed by atoms with Crippen molar-refractivity contribution in [1.29, 1.82) is 0 Å². The molecule has 21 heavy (non-hydrogen) atoms. The monoisotopic (exact) mass is 305 g/mol. The smallest absolute Gasteiger partial charge is 0.170 e. The van der Waals surface area contributed by atoms with Gasteiger partial charge in [-0.3, -0.25) is 0 Å². The van der Waals surface area contributed by atoms with Gasteiger partial charge in [-0.25, -0.2) is 0 Å². The second kappa shape index (κ2) is 6.85. The highest BCUT2D eigenvalue weighted by atomic mass is 35.5. The van der Waals surface area contributed by atoms with Crippen LogP contribution in [-0.2, 0) is 6.54 Å². The van der Waals surface area contributed by atoms with Crippen molar-refractivity contribution >= 4 is 23.1 Å². The molecule has 0 fully saturated rings. The van der Waals surface area contributed by atoms with Crippen molar-refractivity contribution in [3.05, 3.63) is 58.6 Å². The van der Waals surface area contributed by atoms with Crippen molar-refractivity contribution < 1.29 is 9.94 Å². The fourth-order valence-corrected chi connectivity index (χ4v) is 2.21. The van der Waals surface area contributed by atoms with Gasteiger partial charge in [-0.2, -0.15) is 0 Å². The number of methoxy groups -OCH3 is 1. The summed E-state index contributed by atoms with van der Waals surface area (Å²) in [4.78, 5) is 0. The van der Waals surface area contributed by atoms with Crippen LogP contribution < -0.4 is 15.8 Å². The third-order valence-electron chi connectivity index (χ3n) is 3.04. The predicted molar refractivity (Wildman–Crippen MR) is 84.3 cm³/mol. The molecular weight excluding hydrogens is 290 g/mol. The molecule has 2 aromatic rings. The Kier molecular flexibility index (Phi) is 4.90. The van der Waals surface area contributed by atoms with Crippen molar-refractivity contribution in [3.63, 3.8) is 0 Å². The minimum Gasteiger partial charge on any atom is -0.495 e. The Labute approximate surface area is 128 Å². The van der Waals surface area contributed by atoms with Crippen LogP contribution in [0.3, 0.4) is 0 Å². The van der Waals surface area contributed by atoms with Crippen LogP contribution in [0, 0.1) is 0 Å². The number of nitrogens with one attached hydrogen (secondary N) is 1. The lowest BCUT2D eigenvalue weighted by atomic mass is 10.1. The summed E-state index contributed by atoms with van der Waals surface area (Å²) < 4.78 is 5.11. The molecule has 4 N–H and O–H groups in total. The number of benzene rings is 2. The molecule has 2 aromatic carbocycles. The van der Waals surface area contributed by atoms with Crippen molar-refractivity contribution in [2.24, 2.45) is 10.9 Å². The molecular formula is C15H16ClN3O2. The van der Waals surface area contributed by atoms with E-state index in [0.29, 0.717) is 22.9 Å². The maximum absolute atomic E-state index is 8.80. The van der Waals surface area contributed by atoms with Crippen molar-refractivity contribution in [3.8, 4) is 5.75 Å². The zero-order valence-electron chi connectivity index (χ0n) is 11.5. The third-order valence-corrected chi connectivity index (χ3v) is 3.33. The van der Waals surface area contributed by atoms with Gasteiger partial charge in [-0.15, -0.1) is 0 Å². The number of hydrogen-bond acceptors (Lipinski definition) is 4. The molecule has 0 heterocycles. The van der Waals surface area contributed by atoms with Gasteiger partial charge < -0.3 is 21.0 Å². The lowest BCUT2D eigenvalue weighted by Crippen LogP contribution is -2.16. The zero-order valence-corrected chi connectivity index (χ0v) is 12.3. The molecule has 0 spiro atoms. The average molecular weight is 306 g/mol. The van der Waals surface area contributed by atoms with Gasteiger partial charge in [0, 0.05) is 17.8 Å². The van der Waals surface area contributed by atoms with Crippen LogP contribution in [0.5, 0.6) is 5.75 Å². The van der Waals surface area contributed by atoms with E-state index in [2.05, 4.69) is 10.5 Å². The maximum atomic E-state index is 8.80. The van der Waals surface area contributed by atoms with Crippen LogP contribution in [0.2, 0.25) is 5.02 Å². The van der Waals surface area contributed by atoms with Crippen LogP contribution in [0.15, 0.2) is 47.6 Å². The summed E-state index contributed by atoms with van der Waals surface area (Å²) >= 11 is 6.08. The van der Waals surface area contributed by atoms with Gasteiger partial charge >= 0.3 is 0 Å². The molecule has 2 rings (SSSR count). The van der Waals surface area contributed by atoms with E-state index >= 15 is 0 Å². The predicted octanol–water partition coefficient (Wildman–Crippen LogP) is 3.06. The van der Waals surface area contributed by atoms with Gasteiger partial charge in [0.15, 0.2) is 5.84 Å². The van der Waals surface area contributed by atoms with Crippen LogP contribution in [0.25, 0.3) is 0 Å². The molecule has 0 aliphatic heterocycles. The number of oxime groups is 1. The highest BCUT2D eigenvalue weighted by Gasteiger charge is 2.07. The van der Waals surface area contributed by atoms with Crippen LogP contribution in [0.1, 0.15) is 11.1 Å². The van der Waals surface area contributed by atoms with E-state index < -0.39 is 0 Å². The Morgan fingerprint density at radius 1 is 1.33 bits per heavy atom. The van der Waals surface area contributed by atoms with E-state index in [1.54, 1.807) is 25.3 Å². The van der Waals surface area contributed by atoms with E-state index in [0.717, 1.165) is 11.3 Å². The number of halogens is 1. The zero-order chi connectivity index (χ0) is 15.2. The van der Waals surface area contributed by atoms with Gasteiger partial charge in [0.05, 0.1) is 12.1 Å². The summed E-state index contributed by atoms with van der Waals surface area (Å²) in [5.41, 5.74) is 8.12. The Morgan fingerprint density at radius 2 is 2.10 bits per heavy atom. The van der Waals surface area contributed by atoms with Gasteiger partial charge in [0.1, 0.15) is 5.75 Å². The van der Waals surface area contributed by atoms with E-state index in [-0.39, 0.29) is 5.84 Å². The number of amidine groups is 1.